The van der Waals surface area contributed by atoms with Crippen LogP contribution in [-0.2, 0) is 17.7 Å². The number of nitrogens with one attached hydrogen (secondary N) is 3. The third-order valence-electron chi connectivity index (χ3n) is 4.16. The van der Waals surface area contributed by atoms with E-state index < -0.39 is 17.5 Å². The summed E-state index contributed by atoms with van der Waals surface area (Å²) in [5.41, 5.74) is 1.93. The van der Waals surface area contributed by atoms with Crippen molar-refractivity contribution in [3.05, 3.63) is 65.0 Å². The number of anilines is 1. The van der Waals surface area contributed by atoms with Gasteiger partial charge in [-0.1, -0.05) is 18.2 Å². The predicted molar refractivity (Wildman–Crippen MR) is 119 cm³/mol. The van der Waals surface area contributed by atoms with Crippen LogP contribution in [0, 0.1) is 17.1 Å². The summed E-state index contributed by atoms with van der Waals surface area (Å²) in [5.74, 6) is 0.119. The predicted octanol–water partition coefficient (Wildman–Crippen LogP) is 3.95. The van der Waals surface area contributed by atoms with E-state index in [1.807, 2.05) is 51.1 Å². The zero-order valence-corrected chi connectivity index (χ0v) is 18.3. The zero-order chi connectivity index (χ0) is 22.9. The normalized spacial score (nSPS) is 11.4. The van der Waals surface area contributed by atoms with E-state index in [-0.39, 0.29) is 12.1 Å². The maximum atomic E-state index is 14.0. The monoisotopic (exact) mass is 425 g/mol. The maximum absolute atomic E-state index is 14.0. The van der Waals surface area contributed by atoms with E-state index in [1.165, 1.54) is 6.07 Å². The lowest BCUT2D eigenvalue weighted by Gasteiger charge is -2.19. The molecule has 8 heteroatoms. The smallest absolute Gasteiger partial charge is 0.412 e. The van der Waals surface area contributed by atoms with E-state index >= 15 is 0 Å². The number of ether oxygens (including phenoxy) is 1. The maximum Gasteiger partial charge on any atom is 0.412 e. The second-order valence-corrected chi connectivity index (χ2v) is 7.84. The topological polar surface area (TPSA) is 98.5 Å². The van der Waals surface area contributed by atoms with Crippen molar-refractivity contribution in [2.45, 2.75) is 39.3 Å². The Morgan fingerprint density at radius 2 is 1.87 bits per heavy atom. The minimum Gasteiger partial charge on any atom is -0.444 e. The molecule has 0 aliphatic rings. The van der Waals surface area contributed by atoms with Gasteiger partial charge in [-0.15, -0.1) is 0 Å². The summed E-state index contributed by atoms with van der Waals surface area (Å²) >= 11 is 0. The Kier molecular flexibility index (Phi) is 8.38. The molecule has 2 aromatic carbocycles. The standard InChI is InChI=1S/C23H28FN5O2/c1-23(2,3)31-22(30)29-19-9-6-16(7-10-19)11-12-27-21(26-4)28-15-18-8-5-17(14-25)13-20(18)24/h5-10,13H,11-12,15H2,1-4H3,(H,29,30)(H2,26,27,28). The summed E-state index contributed by atoms with van der Waals surface area (Å²) in [4.78, 5) is 15.9. The summed E-state index contributed by atoms with van der Waals surface area (Å²) in [6.45, 7) is 6.31. The van der Waals surface area contributed by atoms with Crippen LogP contribution in [0.2, 0.25) is 0 Å². The molecule has 0 bridgehead atoms. The number of nitrogens with zero attached hydrogens (tertiary/aromatic N) is 2. The summed E-state index contributed by atoms with van der Waals surface area (Å²) in [5, 5.41) is 17.7. The quantitative estimate of drug-likeness (QED) is 0.481. The van der Waals surface area contributed by atoms with Gasteiger partial charge in [-0.25, -0.2) is 9.18 Å². The number of benzene rings is 2. The lowest BCUT2D eigenvalue weighted by Crippen LogP contribution is -2.38. The Morgan fingerprint density at radius 3 is 2.45 bits per heavy atom. The number of rotatable bonds is 6. The average molecular weight is 426 g/mol. The number of hydrogen-bond donors (Lipinski definition) is 3. The van der Waals surface area contributed by atoms with Crippen LogP contribution in [0.15, 0.2) is 47.5 Å². The number of carbonyl (C=O) groups is 1. The third kappa shape index (κ3) is 8.34. The van der Waals surface area contributed by atoms with Crippen LogP contribution in [0.25, 0.3) is 0 Å². The van der Waals surface area contributed by atoms with E-state index in [2.05, 4.69) is 20.9 Å². The average Bonchev–Trinajstić information content (AvgIpc) is 2.71. The molecule has 2 aromatic rings. The first-order chi connectivity index (χ1) is 14.7. The van der Waals surface area contributed by atoms with Crippen molar-refractivity contribution in [2.24, 2.45) is 4.99 Å². The first kappa shape index (κ1) is 23.7. The number of guanidine groups is 1. The van der Waals surface area contributed by atoms with E-state index in [9.17, 15) is 9.18 Å². The SMILES string of the molecule is CN=C(NCCc1ccc(NC(=O)OC(C)(C)C)cc1)NCc1ccc(C#N)cc1F. The minimum atomic E-state index is -0.547. The van der Waals surface area contributed by atoms with Crippen molar-refractivity contribution in [2.75, 3.05) is 18.9 Å². The third-order valence-corrected chi connectivity index (χ3v) is 4.16. The molecule has 0 radical (unpaired) electrons. The van der Waals surface area contributed by atoms with Gasteiger partial charge in [0.05, 0.1) is 11.6 Å². The van der Waals surface area contributed by atoms with E-state index in [0.29, 0.717) is 23.8 Å². The Balaban J connectivity index is 1.78. The lowest BCUT2D eigenvalue weighted by atomic mass is 10.1. The van der Waals surface area contributed by atoms with E-state index in [1.54, 1.807) is 19.2 Å². The first-order valence-corrected chi connectivity index (χ1v) is 9.92. The van der Waals surface area contributed by atoms with Gasteiger partial charge in [-0.3, -0.25) is 10.3 Å². The molecule has 0 heterocycles. The van der Waals surface area contributed by atoms with Crippen molar-refractivity contribution in [1.82, 2.24) is 10.6 Å². The summed E-state index contributed by atoms with van der Waals surface area (Å²) in [7, 11) is 1.64. The molecule has 2 rings (SSSR count). The Labute approximate surface area is 182 Å². The first-order valence-electron chi connectivity index (χ1n) is 9.92. The number of hydrogen-bond acceptors (Lipinski definition) is 4. The molecular weight excluding hydrogens is 397 g/mol. The lowest BCUT2D eigenvalue weighted by molar-refractivity contribution is 0.0636. The highest BCUT2D eigenvalue weighted by molar-refractivity contribution is 5.84. The molecule has 0 aromatic heterocycles. The highest BCUT2D eigenvalue weighted by Gasteiger charge is 2.16. The van der Waals surface area contributed by atoms with Crippen LogP contribution in [0.1, 0.15) is 37.5 Å². The molecule has 0 fully saturated rings. The van der Waals surface area contributed by atoms with Crippen LogP contribution < -0.4 is 16.0 Å². The number of halogens is 1. The highest BCUT2D eigenvalue weighted by atomic mass is 19.1. The summed E-state index contributed by atoms with van der Waals surface area (Å²) in [6.07, 6.45) is 0.244. The highest BCUT2D eigenvalue weighted by Crippen LogP contribution is 2.13. The Morgan fingerprint density at radius 1 is 1.16 bits per heavy atom. The van der Waals surface area contributed by atoms with Crippen molar-refractivity contribution in [3.8, 4) is 6.07 Å². The van der Waals surface area contributed by atoms with Gasteiger partial charge in [-0.05, 0) is 57.0 Å². The zero-order valence-electron chi connectivity index (χ0n) is 18.3. The van der Waals surface area contributed by atoms with Crippen molar-refractivity contribution in [3.63, 3.8) is 0 Å². The van der Waals surface area contributed by atoms with Gasteiger partial charge in [0.25, 0.3) is 0 Å². The number of carbonyl (C=O) groups excluding carboxylic acids is 1. The van der Waals surface area contributed by atoms with E-state index in [0.717, 1.165) is 12.0 Å². The molecule has 0 saturated heterocycles. The number of amides is 1. The molecule has 7 nitrogen and oxygen atoms in total. The molecule has 31 heavy (non-hydrogen) atoms. The minimum absolute atomic E-state index is 0.252. The van der Waals surface area contributed by atoms with Crippen LogP contribution in [-0.4, -0.2) is 31.2 Å². The molecule has 0 aliphatic heterocycles. The van der Waals surface area contributed by atoms with Crippen LogP contribution in [0.3, 0.4) is 0 Å². The van der Waals surface area contributed by atoms with Crippen molar-refractivity contribution >= 4 is 17.7 Å². The van der Waals surface area contributed by atoms with Crippen LogP contribution >= 0.6 is 0 Å². The fourth-order valence-corrected chi connectivity index (χ4v) is 2.66. The van der Waals surface area contributed by atoms with Gasteiger partial charge in [0.2, 0.25) is 0 Å². The van der Waals surface area contributed by atoms with Crippen LogP contribution in [0.4, 0.5) is 14.9 Å². The molecule has 0 aliphatic carbocycles. The molecular formula is C23H28FN5O2. The van der Waals surface area contributed by atoms with Gasteiger partial charge in [0, 0.05) is 31.4 Å². The van der Waals surface area contributed by atoms with E-state index in [4.69, 9.17) is 10.00 Å². The summed E-state index contributed by atoms with van der Waals surface area (Å²) < 4.78 is 19.2. The second kappa shape index (κ2) is 11.0. The molecule has 164 valence electrons. The molecule has 3 N–H and O–H groups in total. The fourth-order valence-electron chi connectivity index (χ4n) is 2.66. The molecule has 0 spiro atoms. The largest absolute Gasteiger partial charge is 0.444 e. The number of nitriles is 1. The fraction of sp³-hybridized carbons (Fsp3) is 0.348. The van der Waals surface area contributed by atoms with Gasteiger partial charge in [-0.2, -0.15) is 5.26 Å². The van der Waals surface area contributed by atoms with Gasteiger partial charge in [0.1, 0.15) is 11.4 Å². The Hall–Kier alpha value is -3.60. The number of aliphatic imine (C=N–C) groups is 1. The molecule has 0 unspecified atom stereocenters. The van der Waals surface area contributed by atoms with Crippen molar-refractivity contribution in [1.29, 1.82) is 5.26 Å². The van der Waals surface area contributed by atoms with Gasteiger partial charge in [0.15, 0.2) is 5.96 Å². The Bertz CT molecular complexity index is 959. The van der Waals surface area contributed by atoms with Gasteiger partial charge >= 0.3 is 6.09 Å². The second-order valence-electron chi connectivity index (χ2n) is 7.84. The molecule has 1 amide bonds. The van der Waals surface area contributed by atoms with Crippen molar-refractivity contribution < 1.29 is 13.9 Å². The van der Waals surface area contributed by atoms with Crippen LogP contribution in [0.5, 0.6) is 0 Å². The van der Waals surface area contributed by atoms with Gasteiger partial charge < -0.3 is 15.4 Å². The molecule has 0 saturated carbocycles. The molecule has 0 atom stereocenters. The summed E-state index contributed by atoms with van der Waals surface area (Å²) in [6, 6.07) is 13.8.